The molecule has 0 aliphatic rings. The third kappa shape index (κ3) is 7.16. The van der Waals surface area contributed by atoms with E-state index in [9.17, 15) is 4.79 Å². The second-order valence-electron chi connectivity index (χ2n) is 5.21. The van der Waals surface area contributed by atoms with Gasteiger partial charge in [0, 0.05) is 29.6 Å². The predicted molar refractivity (Wildman–Crippen MR) is 87.9 cm³/mol. The SMILES string of the molecule is CCCC(CCO)CNC(=O)CCc1ccc(Cl)cc1Cl. The Labute approximate surface area is 136 Å². The van der Waals surface area contributed by atoms with Gasteiger partial charge in [-0.15, -0.1) is 0 Å². The Kier molecular flexibility index (Phi) is 8.74. The first-order valence-electron chi connectivity index (χ1n) is 7.38. The molecule has 1 aromatic carbocycles. The van der Waals surface area contributed by atoms with Crippen molar-refractivity contribution in [2.75, 3.05) is 13.2 Å². The number of aliphatic hydroxyl groups is 1. The Balaban J connectivity index is 2.36. The van der Waals surface area contributed by atoms with Crippen LogP contribution in [0.15, 0.2) is 18.2 Å². The summed E-state index contributed by atoms with van der Waals surface area (Å²) in [6.45, 7) is 2.90. The van der Waals surface area contributed by atoms with E-state index in [1.54, 1.807) is 12.1 Å². The minimum absolute atomic E-state index is 0.0139. The van der Waals surface area contributed by atoms with E-state index in [4.69, 9.17) is 28.3 Å². The minimum Gasteiger partial charge on any atom is -0.396 e. The summed E-state index contributed by atoms with van der Waals surface area (Å²) < 4.78 is 0. The Morgan fingerprint density at radius 2 is 2.10 bits per heavy atom. The molecule has 118 valence electrons. The maximum absolute atomic E-state index is 11.9. The first kappa shape index (κ1) is 18.3. The van der Waals surface area contributed by atoms with Crippen LogP contribution >= 0.6 is 23.2 Å². The summed E-state index contributed by atoms with van der Waals surface area (Å²) in [4.78, 5) is 11.9. The number of carbonyl (C=O) groups is 1. The minimum atomic E-state index is 0.0139. The van der Waals surface area contributed by atoms with Crippen molar-refractivity contribution < 1.29 is 9.90 Å². The van der Waals surface area contributed by atoms with Crippen molar-refractivity contribution in [2.45, 2.75) is 39.0 Å². The van der Waals surface area contributed by atoms with Crippen molar-refractivity contribution in [2.24, 2.45) is 5.92 Å². The molecule has 1 unspecified atom stereocenters. The van der Waals surface area contributed by atoms with Crippen molar-refractivity contribution in [1.29, 1.82) is 0 Å². The highest BCUT2D eigenvalue weighted by Crippen LogP contribution is 2.22. The topological polar surface area (TPSA) is 49.3 Å². The molecule has 21 heavy (non-hydrogen) atoms. The number of nitrogens with one attached hydrogen (secondary N) is 1. The number of aliphatic hydroxyl groups excluding tert-OH is 1. The van der Waals surface area contributed by atoms with Gasteiger partial charge in [-0.2, -0.15) is 0 Å². The molecule has 0 aliphatic carbocycles. The van der Waals surface area contributed by atoms with Crippen molar-refractivity contribution in [1.82, 2.24) is 5.32 Å². The second kappa shape index (κ2) is 10.0. The van der Waals surface area contributed by atoms with Gasteiger partial charge < -0.3 is 10.4 Å². The third-order valence-electron chi connectivity index (χ3n) is 3.46. The number of benzene rings is 1. The first-order valence-corrected chi connectivity index (χ1v) is 8.13. The van der Waals surface area contributed by atoms with Crippen LogP contribution in [0.2, 0.25) is 10.0 Å². The normalized spacial score (nSPS) is 12.2. The number of amides is 1. The molecule has 0 saturated heterocycles. The maximum Gasteiger partial charge on any atom is 0.220 e. The number of hydrogen-bond acceptors (Lipinski definition) is 2. The van der Waals surface area contributed by atoms with Crippen molar-refractivity contribution in [3.8, 4) is 0 Å². The van der Waals surface area contributed by atoms with Gasteiger partial charge in [-0.05, 0) is 42.9 Å². The predicted octanol–water partition coefficient (Wildman–Crippen LogP) is 3.84. The van der Waals surface area contributed by atoms with E-state index in [0.29, 0.717) is 35.3 Å². The van der Waals surface area contributed by atoms with E-state index in [0.717, 1.165) is 24.8 Å². The summed E-state index contributed by atoms with van der Waals surface area (Å²) in [5.74, 6) is 0.364. The Morgan fingerprint density at radius 1 is 1.33 bits per heavy atom. The molecule has 2 N–H and O–H groups in total. The molecule has 0 bridgehead atoms. The smallest absolute Gasteiger partial charge is 0.220 e. The van der Waals surface area contributed by atoms with Gasteiger partial charge in [0.25, 0.3) is 0 Å². The number of carbonyl (C=O) groups excluding carboxylic acids is 1. The van der Waals surface area contributed by atoms with Crippen LogP contribution in [0, 0.1) is 5.92 Å². The first-order chi connectivity index (χ1) is 10.1. The zero-order valence-electron chi connectivity index (χ0n) is 12.4. The van der Waals surface area contributed by atoms with Crippen LogP contribution in [-0.2, 0) is 11.2 Å². The monoisotopic (exact) mass is 331 g/mol. The average Bonchev–Trinajstić information content (AvgIpc) is 2.44. The fourth-order valence-corrected chi connectivity index (χ4v) is 2.76. The van der Waals surface area contributed by atoms with Crippen LogP contribution in [0.25, 0.3) is 0 Å². The van der Waals surface area contributed by atoms with Crippen LogP contribution in [-0.4, -0.2) is 24.2 Å². The summed E-state index contributed by atoms with van der Waals surface area (Å²) in [6, 6.07) is 5.32. The zero-order valence-corrected chi connectivity index (χ0v) is 13.9. The number of hydrogen-bond donors (Lipinski definition) is 2. The Bertz CT molecular complexity index is 446. The number of rotatable bonds is 9. The van der Waals surface area contributed by atoms with Crippen molar-refractivity contribution in [3.05, 3.63) is 33.8 Å². The van der Waals surface area contributed by atoms with Crippen LogP contribution in [0.5, 0.6) is 0 Å². The molecule has 1 atom stereocenters. The fourth-order valence-electron chi connectivity index (χ4n) is 2.26. The van der Waals surface area contributed by atoms with Gasteiger partial charge >= 0.3 is 0 Å². The van der Waals surface area contributed by atoms with E-state index in [1.165, 1.54) is 0 Å². The molecule has 0 aliphatic heterocycles. The molecule has 0 spiro atoms. The van der Waals surface area contributed by atoms with Gasteiger partial charge in [0.1, 0.15) is 0 Å². The third-order valence-corrected chi connectivity index (χ3v) is 4.05. The lowest BCUT2D eigenvalue weighted by Crippen LogP contribution is -2.29. The quantitative estimate of drug-likeness (QED) is 0.722. The van der Waals surface area contributed by atoms with Gasteiger partial charge in [0.05, 0.1) is 0 Å². The lowest BCUT2D eigenvalue weighted by Gasteiger charge is -2.15. The molecule has 3 nitrogen and oxygen atoms in total. The van der Waals surface area contributed by atoms with Gasteiger partial charge in [-0.1, -0.05) is 42.6 Å². The molecular weight excluding hydrogens is 309 g/mol. The van der Waals surface area contributed by atoms with E-state index >= 15 is 0 Å². The highest BCUT2D eigenvalue weighted by molar-refractivity contribution is 6.35. The Hall–Kier alpha value is -0.770. The second-order valence-corrected chi connectivity index (χ2v) is 6.05. The molecule has 0 aromatic heterocycles. The number of halogens is 2. The molecule has 0 fully saturated rings. The molecule has 1 rings (SSSR count). The standard InChI is InChI=1S/C16H23Cl2NO2/c1-2-3-12(8-9-20)11-19-16(21)7-5-13-4-6-14(17)10-15(13)18/h4,6,10,12,20H,2-3,5,7-9,11H2,1H3,(H,19,21). The van der Waals surface area contributed by atoms with Crippen molar-refractivity contribution in [3.63, 3.8) is 0 Å². The van der Waals surface area contributed by atoms with E-state index < -0.39 is 0 Å². The van der Waals surface area contributed by atoms with Crippen LogP contribution < -0.4 is 5.32 Å². The van der Waals surface area contributed by atoms with Crippen molar-refractivity contribution >= 4 is 29.1 Å². The largest absolute Gasteiger partial charge is 0.396 e. The highest BCUT2D eigenvalue weighted by atomic mass is 35.5. The lowest BCUT2D eigenvalue weighted by atomic mass is 10.00. The summed E-state index contributed by atoms with van der Waals surface area (Å²) in [5.41, 5.74) is 0.927. The summed E-state index contributed by atoms with van der Waals surface area (Å²) >= 11 is 11.9. The molecule has 1 amide bonds. The fraction of sp³-hybridized carbons (Fsp3) is 0.562. The molecular formula is C16H23Cl2NO2. The highest BCUT2D eigenvalue weighted by Gasteiger charge is 2.10. The summed E-state index contributed by atoms with van der Waals surface area (Å²) in [7, 11) is 0. The maximum atomic E-state index is 11.9. The zero-order chi connectivity index (χ0) is 15.7. The van der Waals surface area contributed by atoms with Gasteiger partial charge in [0.2, 0.25) is 5.91 Å². The lowest BCUT2D eigenvalue weighted by molar-refractivity contribution is -0.121. The molecule has 0 saturated carbocycles. The summed E-state index contributed by atoms with van der Waals surface area (Å²) in [5, 5.41) is 13.1. The van der Waals surface area contributed by atoms with Crippen LogP contribution in [0.4, 0.5) is 0 Å². The average molecular weight is 332 g/mol. The molecule has 5 heteroatoms. The number of aryl methyl sites for hydroxylation is 1. The van der Waals surface area contributed by atoms with Crippen LogP contribution in [0.3, 0.4) is 0 Å². The molecule has 0 heterocycles. The van der Waals surface area contributed by atoms with E-state index in [2.05, 4.69) is 12.2 Å². The van der Waals surface area contributed by atoms with Crippen LogP contribution in [0.1, 0.15) is 38.2 Å². The van der Waals surface area contributed by atoms with E-state index in [-0.39, 0.29) is 12.5 Å². The van der Waals surface area contributed by atoms with Gasteiger partial charge in [0.15, 0.2) is 0 Å². The molecule has 0 radical (unpaired) electrons. The van der Waals surface area contributed by atoms with Gasteiger partial charge in [-0.25, -0.2) is 0 Å². The van der Waals surface area contributed by atoms with Gasteiger partial charge in [-0.3, -0.25) is 4.79 Å². The molecule has 1 aromatic rings. The Morgan fingerprint density at radius 3 is 2.71 bits per heavy atom. The van der Waals surface area contributed by atoms with E-state index in [1.807, 2.05) is 6.07 Å². The summed E-state index contributed by atoms with van der Waals surface area (Å²) in [6.07, 6.45) is 3.81.